The Bertz CT molecular complexity index is 49.7. The second-order valence-electron chi connectivity index (χ2n) is 0.224. The molecule has 0 N–H and O–H groups in total. The Morgan fingerprint density at radius 2 is 0.700 bits per heavy atom. The third-order valence-corrected chi connectivity index (χ3v) is 0. The Labute approximate surface area is 74.9 Å². The van der Waals surface area contributed by atoms with Gasteiger partial charge in [0.05, 0.1) is 26.1 Å². The minimum absolute atomic E-state index is 0. The van der Waals surface area contributed by atoms with Crippen LogP contribution in [0.25, 0.3) is 0 Å². The molecule has 0 aromatic heterocycles. The molecule has 0 aromatic carbocycles. The number of hydrogen-bond donors (Lipinski definition) is 0. The minimum Gasteiger partial charge on any atom is -0.772 e. The molecule has 0 spiro atoms. The van der Waals surface area contributed by atoms with Crippen molar-refractivity contribution in [1.82, 2.24) is 0 Å². The van der Waals surface area contributed by atoms with E-state index in [1.807, 2.05) is 0 Å². The van der Waals surface area contributed by atoms with Crippen molar-refractivity contribution in [1.29, 1.82) is 0 Å². The molecule has 0 unspecified atom stereocenters. The fourth-order valence-electron chi connectivity index (χ4n) is 0. The van der Waals surface area contributed by atoms with Crippen molar-refractivity contribution < 1.29 is 48.5 Å². The van der Waals surface area contributed by atoms with Crippen LogP contribution in [0, 0.1) is 0 Å². The SMILES string of the molecule is O=P[O-].O=P[O-].O=P[O-].[Ir+3]. The molecule has 10 heavy (non-hydrogen) atoms. The average molecular weight is 381 g/mol. The zero-order chi connectivity index (χ0) is 8.12. The van der Waals surface area contributed by atoms with E-state index in [4.69, 9.17) is 28.4 Å². The molecule has 0 fully saturated rings. The van der Waals surface area contributed by atoms with Crippen molar-refractivity contribution in [2.45, 2.75) is 0 Å². The third-order valence-electron chi connectivity index (χ3n) is 0. The average Bonchev–Trinajstić information content (AvgIpc) is 1.70. The molecule has 0 aliphatic heterocycles. The van der Waals surface area contributed by atoms with Crippen LogP contribution in [-0.4, -0.2) is 0 Å². The quantitative estimate of drug-likeness (QED) is 0.479. The van der Waals surface area contributed by atoms with Gasteiger partial charge in [0.15, 0.2) is 0 Å². The van der Waals surface area contributed by atoms with Gasteiger partial charge in [0.2, 0.25) is 0 Å². The summed E-state index contributed by atoms with van der Waals surface area (Å²) in [4.78, 5) is 25.0. The van der Waals surface area contributed by atoms with Crippen molar-refractivity contribution in [3.05, 3.63) is 0 Å². The molecule has 0 bridgehead atoms. The predicted octanol–water partition coefficient (Wildman–Crippen LogP) is -1.34. The van der Waals surface area contributed by atoms with Gasteiger partial charge in [-0.05, 0) is 0 Å². The van der Waals surface area contributed by atoms with Crippen LogP contribution in [0.4, 0.5) is 0 Å². The third kappa shape index (κ3) is 787. The van der Waals surface area contributed by atoms with E-state index >= 15 is 0 Å². The molecule has 0 saturated carbocycles. The van der Waals surface area contributed by atoms with Gasteiger partial charge in [-0.1, -0.05) is 0 Å². The van der Waals surface area contributed by atoms with E-state index in [0.29, 0.717) is 0 Å². The zero-order valence-corrected chi connectivity index (χ0v) is 9.20. The maximum atomic E-state index is 8.35. The summed E-state index contributed by atoms with van der Waals surface area (Å²) in [6, 6.07) is 0. The van der Waals surface area contributed by atoms with Gasteiger partial charge in [-0.15, -0.1) is 0 Å². The molecule has 6 nitrogen and oxygen atoms in total. The summed E-state index contributed by atoms with van der Waals surface area (Å²) in [5, 5.41) is 0. The van der Waals surface area contributed by atoms with E-state index < -0.39 is 26.1 Å². The van der Waals surface area contributed by atoms with Gasteiger partial charge in [-0.3, -0.25) is 13.7 Å². The topological polar surface area (TPSA) is 120 Å². The van der Waals surface area contributed by atoms with Gasteiger partial charge in [0.1, 0.15) is 0 Å². The van der Waals surface area contributed by atoms with Gasteiger partial charge < -0.3 is 14.7 Å². The second-order valence-corrected chi connectivity index (χ2v) is 0.671. The monoisotopic (exact) mass is 382 g/mol. The van der Waals surface area contributed by atoms with Crippen molar-refractivity contribution in [3.8, 4) is 0 Å². The largest absolute Gasteiger partial charge is 3.00 e. The molecule has 10 heteroatoms. The smallest absolute Gasteiger partial charge is 0.772 e. The zero-order valence-electron chi connectivity index (χ0n) is 4.12. The van der Waals surface area contributed by atoms with E-state index in [2.05, 4.69) is 0 Å². The molecule has 0 amide bonds. The summed E-state index contributed by atoms with van der Waals surface area (Å²) in [5.74, 6) is 0. The Morgan fingerprint density at radius 3 is 0.700 bits per heavy atom. The summed E-state index contributed by atoms with van der Waals surface area (Å²) >= 11 is 0. The van der Waals surface area contributed by atoms with E-state index in [1.54, 1.807) is 0 Å². The van der Waals surface area contributed by atoms with Crippen LogP contribution in [0.3, 0.4) is 0 Å². The Hall–Kier alpha value is 0.829. The molecule has 0 rings (SSSR count). The maximum Gasteiger partial charge on any atom is 3.00 e. The van der Waals surface area contributed by atoms with E-state index in [1.165, 1.54) is 0 Å². The molecule has 0 aliphatic carbocycles. The molecular weight excluding hydrogens is 381 g/mol. The normalized spacial score (nSPS) is 6.30. The molecular formula is IrO6P3. The molecule has 0 aromatic rings. The summed E-state index contributed by atoms with van der Waals surface area (Å²) in [6.07, 6.45) is 0. The Balaban J connectivity index is -0.0000000257. The van der Waals surface area contributed by atoms with Crippen molar-refractivity contribution >= 4 is 26.1 Å². The van der Waals surface area contributed by atoms with E-state index in [0.717, 1.165) is 0 Å². The van der Waals surface area contributed by atoms with Crippen LogP contribution in [0.2, 0.25) is 0 Å². The first-order valence-corrected chi connectivity index (χ1v) is 3.29. The van der Waals surface area contributed by atoms with Gasteiger partial charge in [-0.2, -0.15) is 0 Å². The summed E-state index contributed by atoms with van der Waals surface area (Å²) < 4.78 is 25.0. The van der Waals surface area contributed by atoms with Crippen molar-refractivity contribution in [3.63, 3.8) is 0 Å². The van der Waals surface area contributed by atoms with E-state index in [-0.39, 0.29) is 20.1 Å². The van der Waals surface area contributed by atoms with Crippen LogP contribution in [0.5, 0.6) is 0 Å². The first-order valence-electron chi connectivity index (χ1n) is 1.10. The Morgan fingerprint density at radius 1 is 0.700 bits per heavy atom. The predicted molar refractivity (Wildman–Crippen MR) is 22.8 cm³/mol. The van der Waals surface area contributed by atoms with Gasteiger partial charge in [-0.25, -0.2) is 0 Å². The van der Waals surface area contributed by atoms with Crippen molar-refractivity contribution in [2.75, 3.05) is 0 Å². The van der Waals surface area contributed by atoms with Crippen molar-refractivity contribution in [2.24, 2.45) is 0 Å². The minimum atomic E-state index is -1.08. The molecule has 0 atom stereocenters. The number of rotatable bonds is 0. The summed E-state index contributed by atoms with van der Waals surface area (Å²) in [5.41, 5.74) is 0. The standard InChI is InChI=1S/Ir.3HO2P/c;3*1-3-2/h;3*(H,1,2)/q+3;;;/p-3. The molecule has 60 valence electrons. The first-order chi connectivity index (χ1) is 4.24. The van der Waals surface area contributed by atoms with Crippen LogP contribution in [0.1, 0.15) is 0 Å². The number of hydrogen-bond acceptors (Lipinski definition) is 6. The van der Waals surface area contributed by atoms with Crippen LogP contribution < -0.4 is 14.7 Å². The van der Waals surface area contributed by atoms with Crippen LogP contribution >= 0.6 is 26.1 Å². The van der Waals surface area contributed by atoms with E-state index in [9.17, 15) is 0 Å². The second kappa shape index (κ2) is 52.3. The first kappa shape index (κ1) is 22.4. The molecule has 0 aliphatic rings. The molecule has 0 saturated heterocycles. The summed E-state index contributed by atoms with van der Waals surface area (Å²) in [7, 11) is -3.25. The summed E-state index contributed by atoms with van der Waals surface area (Å²) in [6.45, 7) is 0. The fourth-order valence-corrected chi connectivity index (χ4v) is 0. The van der Waals surface area contributed by atoms with Crippen LogP contribution in [-0.2, 0) is 33.8 Å². The van der Waals surface area contributed by atoms with Gasteiger partial charge in [0, 0.05) is 0 Å². The van der Waals surface area contributed by atoms with Gasteiger partial charge in [0.25, 0.3) is 0 Å². The molecule has 0 radical (unpaired) electrons. The maximum absolute atomic E-state index is 8.35. The Kier molecular flexibility index (Phi) is 117. The van der Waals surface area contributed by atoms with Crippen LogP contribution in [0.15, 0.2) is 0 Å². The molecule has 0 heterocycles. The van der Waals surface area contributed by atoms with Gasteiger partial charge >= 0.3 is 20.1 Å². The fraction of sp³-hybridized carbons (Fsp3) is 0.